The van der Waals surface area contributed by atoms with Gasteiger partial charge < -0.3 is 37.9 Å². The summed E-state index contributed by atoms with van der Waals surface area (Å²) >= 11 is 0. The predicted molar refractivity (Wildman–Crippen MR) is 169 cm³/mol. The Balaban J connectivity index is 1.03. The Kier molecular flexibility index (Phi) is 11.7. The van der Waals surface area contributed by atoms with E-state index in [1.165, 1.54) is 48.5 Å². The van der Waals surface area contributed by atoms with Crippen LogP contribution in [-0.2, 0) is 33.2 Å². The van der Waals surface area contributed by atoms with Gasteiger partial charge in [-0.25, -0.2) is 24.0 Å². The van der Waals surface area contributed by atoms with Crippen molar-refractivity contribution in [3.63, 3.8) is 0 Å². The van der Waals surface area contributed by atoms with Crippen molar-refractivity contribution >= 4 is 30.0 Å². The molecule has 0 N–H and O–H groups in total. The van der Waals surface area contributed by atoms with Gasteiger partial charge in [-0.15, -0.1) is 0 Å². The zero-order valence-corrected chi connectivity index (χ0v) is 26.6. The fraction of sp³-hybridized carbons (Fsp3) is 0.306. The number of hydrogen-bond donors (Lipinski definition) is 0. The number of unbranched alkanes of at least 4 members (excludes halogenated alkanes) is 1. The highest BCUT2D eigenvalue weighted by Crippen LogP contribution is 2.31. The highest BCUT2D eigenvalue weighted by molar-refractivity contribution is 5.92. The number of fused-ring (bicyclic) bond motifs is 1. The lowest BCUT2D eigenvalue weighted by Gasteiger charge is -2.17. The van der Waals surface area contributed by atoms with E-state index in [1.54, 1.807) is 12.1 Å². The maximum Gasteiger partial charge on any atom is 0.513 e. The van der Waals surface area contributed by atoms with Crippen LogP contribution in [0.1, 0.15) is 49.5 Å². The summed E-state index contributed by atoms with van der Waals surface area (Å²) in [6.45, 7) is 5.67. The van der Waals surface area contributed by atoms with Crippen LogP contribution in [0.4, 0.5) is 4.79 Å². The topological polar surface area (TPSA) is 159 Å². The van der Waals surface area contributed by atoms with Crippen molar-refractivity contribution in [2.75, 3.05) is 26.4 Å². The molecule has 0 bridgehead atoms. The first-order valence-corrected chi connectivity index (χ1v) is 15.5. The largest absolute Gasteiger partial charge is 0.513 e. The number of esters is 4. The third-order valence-electron chi connectivity index (χ3n) is 7.53. The summed E-state index contributed by atoms with van der Waals surface area (Å²) in [6.07, 6.45) is -1.38. The molecule has 13 heteroatoms. The quantitative estimate of drug-likeness (QED) is 0.0609. The van der Waals surface area contributed by atoms with Crippen molar-refractivity contribution in [1.29, 1.82) is 0 Å². The number of benzene rings is 3. The average Bonchev–Trinajstić information content (AvgIpc) is 3.69. The van der Waals surface area contributed by atoms with E-state index in [1.807, 2.05) is 19.1 Å². The molecule has 0 aromatic heterocycles. The SMILES string of the molecule is C=CC(=O)OCCCCOC(=O)Oc1ccc(C(=O)Oc2ccc(C(=O)O[C@@H]3CO[C@@H]4[C@H]3OC[C@H]4OC(=O)c3ccc(C)cc3)cc2)cc1. The number of hydrogen-bond acceptors (Lipinski definition) is 13. The summed E-state index contributed by atoms with van der Waals surface area (Å²) in [4.78, 5) is 60.9. The summed E-state index contributed by atoms with van der Waals surface area (Å²) in [5.74, 6) is -1.96. The van der Waals surface area contributed by atoms with Crippen LogP contribution in [0, 0.1) is 6.92 Å². The normalized spacial score (nSPS) is 19.2. The van der Waals surface area contributed by atoms with E-state index in [0.717, 1.165) is 11.6 Å². The molecule has 2 heterocycles. The second-order valence-electron chi connectivity index (χ2n) is 11.1. The average molecular weight is 675 g/mol. The maximum absolute atomic E-state index is 12.9. The van der Waals surface area contributed by atoms with E-state index in [0.29, 0.717) is 18.4 Å². The molecule has 2 aliphatic rings. The molecule has 13 nitrogen and oxygen atoms in total. The molecule has 0 aliphatic carbocycles. The van der Waals surface area contributed by atoms with Crippen LogP contribution in [0.25, 0.3) is 0 Å². The predicted octanol–water partition coefficient (Wildman–Crippen LogP) is 4.79. The van der Waals surface area contributed by atoms with Gasteiger partial charge in [0.1, 0.15) is 23.7 Å². The fourth-order valence-corrected chi connectivity index (χ4v) is 4.93. The molecular formula is C36H34O13. The minimum absolute atomic E-state index is 0.0736. The molecule has 2 fully saturated rings. The van der Waals surface area contributed by atoms with Crippen LogP contribution in [0.2, 0.25) is 0 Å². The van der Waals surface area contributed by atoms with Crippen molar-refractivity contribution in [2.45, 2.75) is 44.2 Å². The van der Waals surface area contributed by atoms with Crippen molar-refractivity contribution < 1.29 is 61.9 Å². The third kappa shape index (κ3) is 9.52. The molecular weight excluding hydrogens is 640 g/mol. The van der Waals surface area contributed by atoms with Crippen LogP contribution in [-0.4, -0.2) is 80.9 Å². The first-order chi connectivity index (χ1) is 23.7. The Hall–Kier alpha value is -5.53. The summed E-state index contributed by atoms with van der Waals surface area (Å²) in [5, 5.41) is 0. The lowest BCUT2D eigenvalue weighted by atomic mass is 10.1. The van der Waals surface area contributed by atoms with Crippen LogP contribution in [0.15, 0.2) is 85.5 Å². The molecule has 2 aliphatic heterocycles. The van der Waals surface area contributed by atoms with Crippen LogP contribution >= 0.6 is 0 Å². The lowest BCUT2D eigenvalue weighted by Crippen LogP contribution is -2.36. The van der Waals surface area contributed by atoms with E-state index in [4.69, 9.17) is 37.9 Å². The Morgan fingerprint density at radius 3 is 1.61 bits per heavy atom. The van der Waals surface area contributed by atoms with E-state index < -0.39 is 54.4 Å². The molecule has 3 aromatic carbocycles. The van der Waals surface area contributed by atoms with Gasteiger partial charge in [0.05, 0.1) is 43.1 Å². The van der Waals surface area contributed by atoms with E-state index >= 15 is 0 Å². The molecule has 5 rings (SSSR count). The summed E-state index contributed by atoms with van der Waals surface area (Å²) in [6, 6.07) is 18.5. The minimum atomic E-state index is -0.920. The lowest BCUT2D eigenvalue weighted by molar-refractivity contribution is -0.137. The van der Waals surface area contributed by atoms with Gasteiger partial charge in [-0.2, -0.15) is 0 Å². The van der Waals surface area contributed by atoms with Crippen molar-refractivity contribution in [3.05, 3.63) is 108 Å². The van der Waals surface area contributed by atoms with E-state index in [9.17, 15) is 24.0 Å². The molecule has 256 valence electrons. The van der Waals surface area contributed by atoms with Gasteiger partial charge in [0.15, 0.2) is 12.2 Å². The number of carbonyl (C=O) groups excluding carboxylic acids is 5. The Morgan fingerprint density at radius 2 is 1.10 bits per heavy atom. The van der Waals surface area contributed by atoms with Gasteiger partial charge >= 0.3 is 30.0 Å². The zero-order valence-electron chi connectivity index (χ0n) is 26.6. The molecule has 0 radical (unpaired) electrons. The molecule has 3 aromatic rings. The van der Waals surface area contributed by atoms with Gasteiger partial charge in [-0.3, -0.25) is 0 Å². The van der Waals surface area contributed by atoms with Crippen LogP contribution < -0.4 is 9.47 Å². The van der Waals surface area contributed by atoms with Gasteiger partial charge in [-0.05, 0) is 80.4 Å². The standard InChI is InChI=1S/C36H34O13/c1-3-30(37)42-18-4-5-19-43-36(41)47-27-16-12-24(13-17-27)33(38)46-26-14-10-25(11-15-26)35(40)49-29-21-45-31-28(20-44-32(29)31)48-34(39)23-8-6-22(2)7-9-23/h3,6-17,28-29,31-32H,1,4-5,18-21H2,2H3/t28-,29-,31+,32+/m1/s1. The van der Waals surface area contributed by atoms with Crippen LogP contribution in [0.5, 0.6) is 11.5 Å². The zero-order chi connectivity index (χ0) is 34.8. The number of ether oxygens (including phenoxy) is 8. The third-order valence-corrected chi connectivity index (χ3v) is 7.53. The monoisotopic (exact) mass is 674 g/mol. The van der Waals surface area contributed by atoms with Crippen molar-refractivity contribution in [1.82, 2.24) is 0 Å². The minimum Gasteiger partial charge on any atom is -0.463 e. The second-order valence-corrected chi connectivity index (χ2v) is 11.1. The summed E-state index contributed by atoms with van der Waals surface area (Å²) in [5.41, 5.74) is 1.85. The number of rotatable bonds is 13. The van der Waals surface area contributed by atoms with Gasteiger partial charge in [-0.1, -0.05) is 24.3 Å². The summed E-state index contributed by atoms with van der Waals surface area (Å²) in [7, 11) is 0. The molecule has 0 spiro atoms. The van der Waals surface area contributed by atoms with E-state index in [2.05, 4.69) is 6.58 Å². The molecule has 49 heavy (non-hydrogen) atoms. The highest BCUT2D eigenvalue weighted by atomic mass is 16.7. The first kappa shape index (κ1) is 34.8. The van der Waals surface area contributed by atoms with Crippen molar-refractivity contribution in [2.24, 2.45) is 0 Å². The van der Waals surface area contributed by atoms with Gasteiger partial charge in [0, 0.05) is 6.08 Å². The Bertz CT molecular complexity index is 1650. The molecule has 0 unspecified atom stereocenters. The Morgan fingerprint density at radius 1 is 0.653 bits per heavy atom. The number of aryl methyl sites for hydroxylation is 1. The molecule has 2 saturated heterocycles. The van der Waals surface area contributed by atoms with Crippen LogP contribution in [0.3, 0.4) is 0 Å². The van der Waals surface area contributed by atoms with E-state index in [-0.39, 0.29) is 49.1 Å². The van der Waals surface area contributed by atoms with Gasteiger partial charge in [0.25, 0.3) is 0 Å². The smallest absolute Gasteiger partial charge is 0.463 e. The summed E-state index contributed by atoms with van der Waals surface area (Å²) < 4.78 is 43.1. The maximum atomic E-state index is 12.9. The Labute approximate surface area is 281 Å². The van der Waals surface area contributed by atoms with Crippen molar-refractivity contribution in [3.8, 4) is 11.5 Å². The highest BCUT2D eigenvalue weighted by Gasteiger charge is 2.51. The van der Waals surface area contributed by atoms with Gasteiger partial charge in [0.2, 0.25) is 0 Å². The molecule has 0 amide bonds. The second kappa shape index (κ2) is 16.5. The molecule has 0 saturated carbocycles. The fourth-order valence-electron chi connectivity index (χ4n) is 4.93. The number of carbonyl (C=O) groups is 5. The first-order valence-electron chi connectivity index (χ1n) is 15.5. The molecule has 4 atom stereocenters.